The summed E-state index contributed by atoms with van der Waals surface area (Å²) in [5, 5.41) is 15.1. The molecule has 3 aromatic rings. The molecule has 2 aromatic carbocycles. The predicted octanol–water partition coefficient (Wildman–Crippen LogP) is 3.01. The van der Waals surface area contributed by atoms with Gasteiger partial charge in [-0.2, -0.15) is 5.10 Å². The molecule has 0 aliphatic carbocycles. The lowest BCUT2D eigenvalue weighted by molar-refractivity contribution is -0.384. The van der Waals surface area contributed by atoms with Gasteiger partial charge in [-0.1, -0.05) is 30.3 Å². The number of aromatic nitrogens is 2. The fraction of sp³-hybridized carbons (Fsp3) is 0.0588. The van der Waals surface area contributed by atoms with Gasteiger partial charge in [-0.05, 0) is 12.1 Å². The van der Waals surface area contributed by atoms with Crippen LogP contribution in [0.1, 0.15) is 5.56 Å². The summed E-state index contributed by atoms with van der Waals surface area (Å²) in [6, 6.07) is 14.9. The molecule has 0 radical (unpaired) electrons. The molecule has 0 bridgehead atoms. The molecule has 24 heavy (non-hydrogen) atoms. The van der Waals surface area contributed by atoms with E-state index in [4.69, 9.17) is 0 Å². The largest absolute Gasteiger partial charge is 0.270 e. The van der Waals surface area contributed by atoms with Crippen molar-refractivity contribution in [3.63, 3.8) is 0 Å². The highest BCUT2D eigenvalue weighted by Crippen LogP contribution is 2.21. The summed E-state index contributed by atoms with van der Waals surface area (Å²) in [6.07, 6.45) is 0. The summed E-state index contributed by atoms with van der Waals surface area (Å²) in [4.78, 5) is 22.3. The zero-order chi connectivity index (χ0) is 17.1. The maximum atomic E-state index is 13.8. The van der Waals surface area contributed by atoms with Gasteiger partial charge in [-0.3, -0.25) is 14.9 Å². The van der Waals surface area contributed by atoms with Gasteiger partial charge in [0.2, 0.25) is 0 Å². The summed E-state index contributed by atoms with van der Waals surface area (Å²) >= 11 is 0. The van der Waals surface area contributed by atoms with Gasteiger partial charge in [0.25, 0.3) is 11.2 Å². The Morgan fingerprint density at radius 1 is 1.08 bits per heavy atom. The van der Waals surface area contributed by atoms with Crippen LogP contribution in [-0.4, -0.2) is 14.7 Å². The van der Waals surface area contributed by atoms with Crippen molar-refractivity contribution in [2.45, 2.75) is 6.54 Å². The van der Waals surface area contributed by atoms with Gasteiger partial charge >= 0.3 is 0 Å². The standard InChI is InChI=1S/C17H12FN3O3/c18-15-7-2-1-4-13(15)11-20-17(22)9-8-16(19-20)12-5-3-6-14(10-12)21(23)24/h1-10H,11H2. The summed E-state index contributed by atoms with van der Waals surface area (Å²) in [5.41, 5.74) is 0.790. The Kier molecular flexibility index (Phi) is 4.15. The summed E-state index contributed by atoms with van der Waals surface area (Å²) < 4.78 is 14.9. The smallest absolute Gasteiger partial charge is 0.268 e. The van der Waals surface area contributed by atoms with Crippen molar-refractivity contribution in [2.24, 2.45) is 0 Å². The fourth-order valence-electron chi connectivity index (χ4n) is 2.28. The van der Waals surface area contributed by atoms with Crippen molar-refractivity contribution in [1.82, 2.24) is 9.78 Å². The van der Waals surface area contributed by atoms with E-state index < -0.39 is 10.7 Å². The lowest BCUT2D eigenvalue weighted by Gasteiger charge is -2.08. The summed E-state index contributed by atoms with van der Waals surface area (Å²) in [7, 11) is 0. The first-order valence-corrected chi connectivity index (χ1v) is 7.11. The molecule has 0 spiro atoms. The number of nitrogens with zero attached hydrogens (tertiary/aromatic N) is 3. The monoisotopic (exact) mass is 325 g/mol. The van der Waals surface area contributed by atoms with E-state index in [1.165, 1.54) is 30.3 Å². The van der Waals surface area contributed by atoms with Gasteiger partial charge in [-0.15, -0.1) is 0 Å². The van der Waals surface area contributed by atoms with Gasteiger partial charge in [0.05, 0.1) is 17.2 Å². The molecule has 0 amide bonds. The SMILES string of the molecule is O=c1ccc(-c2cccc([N+](=O)[O-])c2)nn1Cc1ccccc1F. The quantitative estimate of drug-likeness (QED) is 0.546. The molecule has 0 fully saturated rings. The van der Waals surface area contributed by atoms with Gasteiger partial charge < -0.3 is 0 Å². The maximum absolute atomic E-state index is 13.8. The number of nitro groups is 1. The van der Waals surface area contributed by atoms with Crippen LogP contribution in [-0.2, 0) is 6.54 Å². The van der Waals surface area contributed by atoms with Crippen molar-refractivity contribution in [3.8, 4) is 11.3 Å². The Bertz CT molecular complexity index is 969. The number of benzene rings is 2. The van der Waals surface area contributed by atoms with Crippen molar-refractivity contribution in [3.05, 3.63) is 92.5 Å². The van der Waals surface area contributed by atoms with E-state index in [-0.39, 0.29) is 17.8 Å². The zero-order valence-electron chi connectivity index (χ0n) is 12.4. The molecular formula is C17H12FN3O3. The molecule has 0 unspecified atom stereocenters. The second-order valence-corrected chi connectivity index (χ2v) is 5.11. The lowest BCUT2D eigenvalue weighted by atomic mass is 10.1. The molecule has 0 atom stereocenters. The first kappa shape index (κ1) is 15.5. The third kappa shape index (κ3) is 3.19. The van der Waals surface area contributed by atoms with Crippen LogP contribution in [0.5, 0.6) is 0 Å². The molecule has 0 aliphatic heterocycles. The maximum Gasteiger partial charge on any atom is 0.270 e. The Balaban J connectivity index is 2.00. The normalized spacial score (nSPS) is 10.5. The van der Waals surface area contributed by atoms with E-state index in [2.05, 4.69) is 5.10 Å². The number of nitro benzene ring substituents is 1. The van der Waals surface area contributed by atoms with Crippen LogP contribution in [0.15, 0.2) is 65.5 Å². The topological polar surface area (TPSA) is 78.0 Å². The van der Waals surface area contributed by atoms with Crippen LogP contribution in [0.2, 0.25) is 0 Å². The van der Waals surface area contributed by atoms with E-state index in [0.29, 0.717) is 16.8 Å². The van der Waals surface area contributed by atoms with Crippen molar-refractivity contribution >= 4 is 5.69 Å². The van der Waals surface area contributed by atoms with Gasteiger partial charge in [0.15, 0.2) is 0 Å². The van der Waals surface area contributed by atoms with Crippen LogP contribution in [0.25, 0.3) is 11.3 Å². The molecule has 0 saturated heterocycles. The lowest BCUT2D eigenvalue weighted by Crippen LogP contribution is -2.23. The Labute approximate surface area is 136 Å². The Morgan fingerprint density at radius 2 is 1.88 bits per heavy atom. The second kappa shape index (κ2) is 6.41. The summed E-state index contributed by atoms with van der Waals surface area (Å²) in [6.45, 7) is -0.0196. The molecule has 3 rings (SSSR count). The van der Waals surface area contributed by atoms with E-state index in [1.807, 2.05) is 0 Å². The molecule has 6 nitrogen and oxygen atoms in total. The highest BCUT2D eigenvalue weighted by molar-refractivity contribution is 5.61. The number of hydrogen-bond donors (Lipinski definition) is 0. The minimum absolute atomic E-state index is 0.0196. The predicted molar refractivity (Wildman–Crippen MR) is 86.1 cm³/mol. The number of hydrogen-bond acceptors (Lipinski definition) is 4. The molecule has 0 saturated carbocycles. The van der Waals surface area contributed by atoms with Crippen LogP contribution >= 0.6 is 0 Å². The number of halogens is 1. The highest BCUT2D eigenvalue weighted by atomic mass is 19.1. The third-order valence-corrected chi connectivity index (χ3v) is 3.50. The highest BCUT2D eigenvalue weighted by Gasteiger charge is 2.10. The molecule has 0 aliphatic rings. The van der Waals surface area contributed by atoms with Crippen molar-refractivity contribution < 1.29 is 9.31 Å². The molecule has 7 heteroatoms. The Morgan fingerprint density at radius 3 is 2.62 bits per heavy atom. The van der Waals surface area contributed by atoms with Crippen LogP contribution in [0, 0.1) is 15.9 Å². The molecule has 1 heterocycles. The van der Waals surface area contributed by atoms with E-state index in [1.54, 1.807) is 30.3 Å². The van der Waals surface area contributed by atoms with Crippen molar-refractivity contribution in [2.75, 3.05) is 0 Å². The van der Waals surface area contributed by atoms with E-state index >= 15 is 0 Å². The van der Waals surface area contributed by atoms with Crippen LogP contribution < -0.4 is 5.56 Å². The average Bonchev–Trinajstić information content (AvgIpc) is 2.59. The molecule has 0 N–H and O–H groups in total. The first-order chi connectivity index (χ1) is 11.5. The molecule has 120 valence electrons. The molecular weight excluding hydrogens is 313 g/mol. The average molecular weight is 325 g/mol. The minimum Gasteiger partial charge on any atom is -0.268 e. The van der Waals surface area contributed by atoms with E-state index in [0.717, 1.165) is 4.68 Å². The fourth-order valence-corrected chi connectivity index (χ4v) is 2.28. The van der Waals surface area contributed by atoms with Crippen molar-refractivity contribution in [1.29, 1.82) is 0 Å². The zero-order valence-corrected chi connectivity index (χ0v) is 12.4. The van der Waals surface area contributed by atoms with Gasteiger partial charge in [0.1, 0.15) is 5.82 Å². The van der Waals surface area contributed by atoms with Crippen LogP contribution in [0.4, 0.5) is 10.1 Å². The van der Waals surface area contributed by atoms with E-state index in [9.17, 15) is 19.3 Å². The number of non-ortho nitro benzene ring substituents is 1. The van der Waals surface area contributed by atoms with Gasteiger partial charge in [0, 0.05) is 29.3 Å². The minimum atomic E-state index is -0.501. The number of rotatable bonds is 4. The second-order valence-electron chi connectivity index (χ2n) is 5.11. The van der Waals surface area contributed by atoms with Crippen LogP contribution in [0.3, 0.4) is 0 Å². The first-order valence-electron chi connectivity index (χ1n) is 7.11. The van der Waals surface area contributed by atoms with Gasteiger partial charge in [-0.25, -0.2) is 9.07 Å². The Hall–Kier alpha value is -3.35. The summed E-state index contributed by atoms with van der Waals surface area (Å²) in [5.74, 6) is -0.424. The molecule has 1 aromatic heterocycles. The third-order valence-electron chi connectivity index (χ3n) is 3.50.